The third-order valence-electron chi connectivity index (χ3n) is 4.85. The fraction of sp³-hybridized carbons (Fsp3) is 0.263. The quantitative estimate of drug-likeness (QED) is 0.578. The van der Waals surface area contributed by atoms with Crippen LogP contribution in [0.5, 0.6) is 0 Å². The van der Waals surface area contributed by atoms with Gasteiger partial charge in [-0.25, -0.2) is 4.98 Å². The molecule has 4 aromatic rings. The van der Waals surface area contributed by atoms with E-state index in [1.165, 1.54) is 0 Å². The standard InChI is InChI=1S/C19H18N6O2/c26-18-15-11-22-24-16(15)14-10-21-19(20-9-13-7-4-8-27-13)23-17(14)25(18)12-5-2-1-3-6-12/h1-3,5-6,10-11,13H,4,7-9H2,(H,22,24)(H,20,21,23). The number of hydrogen-bond donors (Lipinski definition) is 2. The number of benzene rings is 1. The first-order chi connectivity index (χ1) is 13.3. The number of nitrogens with zero attached hydrogens (tertiary/aromatic N) is 4. The van der Waals surface area contributed by atoms with Gasteiger partial charge in [0.05, 0.1) is 34.3 Å². The van der Waals surface area contributed by atoms with E-state index < -0.39 is 0 Å². The predicted octanol–water partition coefficient (Wildman–Crippen LogP) is 2.25. The summed E-state index contributed by atoms with van der Waals surface area (Å²) in [4.78, 5) is 22.1. The summed E-state index contributed by atoms with van der Waals surface area (Å²) in [7, 11) is 0. The molecule has 0 aliphatic carbocycles. The number of aromatic amines is 1. The minimum atomic E-state index is -0.166. The van der Waals surface area contributed by atoms with Crippen LogP contribution in [0.4, 0.5) is 5.95 Å². The van der Waals surface area contributed by atoms with Crippen molar-refractivity contribution in [3.63, 3.8) is 0 Å². The first kappa shape index (κ1) is 16.0. The van der Waals surface area contributed by atoms with Crippen LogP contribution in [0.25, 0.3) is 27.6 Å². The van der Waals surface area contributed by atoms with Gasteiger partial charge in [-0.05, 0) is 25.0 Å². The number of rotatable bonds is 4. The summed E-state index contributed by atoms with van der Waals surface area (Å²) in [6.45, 7) is 1.45. The Balaban J connectivity index is 1.67. The van der Waals surface area contributed by atoms with Crippen molar-refractivity contribution in [1.29, 1.82) is 0 Å². The summed E-state index contributed by atoms with van der Waals surface area (Å²) >= 11 is 0. The van der Waals surface area contributed by atoms with Crippen LogP contribution >= 0.6 is 0 Å². The predicted molar refractivity (Wildman–Crippen MR) is 102 cm³/mol. The molecule has 0 radical (unpaired) electrons. The van der Waals surface area contributed by atoms with Crippen molar-refractivity contribution in [3.05, 3.63) is 53.1 Å². The molecule has 136 valence electrons. The average Bonchev–Trinajstić information content (AvgIpc) is 3.39. The first-order valence-electron chi connectivity index (χ1n) is 8.97. The molecular weight excluding hydrogens is 344 g/mol. The number of hydrogen-bond acceptors (Lipinski definition) is 6. The third-order valence-corrected chi connectivity index (χ3v) is 4.85. The molecule has 1 aromatic carbocycles. The van der Waals surface area contributed by atoms with E-state index in [1.807, 2.05) is 30.3 Å². The fourth-order valence-corrected chi connectivity index (χ4v) is 3.50. The van der Waals surface area contributed by atoms with E-state index in [0.29, 0.717) is 29.0 Å². The number of nitrogens with one attached hydrogen (secondary N) is 2. The first-order valence-corrected chi connectivity index (χ1v) is 8.97. The molecule has 8 heteroatoms. The molecule has 8 nitrogen and oxygen atoms in total. The minimum absolute atomic E-state index is 0.166. The molecule has 27 heavy (non-hydrogen) atoms. The molecule has 0 saturated carbocycles. The van der Waals surface area contributed by atoms with Crippen molar-refractivity contribution in [2.45, 2.75) is 18.9 Å². The zero-order valence-electron chi connectivity index (χ0n) is 14.6. The Kier molecular flexibility index (Phi) is 3.83. The summed E-state index contributed by atoms with van der Waals surface area (Å²) in [5, 5.41) is 11.4. The maximum atomic E-state index is 13.1. The highest BCUT2D eigenvalue weighted by atomic mass is 16.5. The van der Waals surface area contributed by atoms with Crippen LogP contribution in [-0.4, -0.2) is 44.0 Å². The highest BCUT2D eigenvalue weighted by molar-refractivity contribution is 6.02. The van der Waals surface area contributed by atoms with Gasteiger partial charge in [0.25, 0.3) is 5.56 Å². The van der Waals surface area contributed by atoms with E-state index in [2.05, 4.69) is 25.5 Å². The number of para-hydroxylation sites is 1. The van der Waals surface area contributed by atoms with Crippen LogP contribution in [0, 0.1) is 0 Å². The second kappa shape index (κ2) is 6.48. The second-order valence-corrected chi connectivity index (χ2v) is 6.58. The van der Waals surface area contributed by atoms with Gasteiger partial charge >= 0.3 is 0 Å². The summed E-state index contributed by atoms with van der Waals surface area (Å²) < 4.78 is 7.24. The van der Waals surface area contributed by atoms with E-state index in [9.17, 15) is 4.79 Å². The van der Waals surface area contributed by atoms with Crippen molar-refractivity contribution in [3.8, 4) is 5.69 Å². The lowest BCUT2D eigenvalue weighted by Crippen LogP contribution is -2.22. The Morgan fingerprint density at radius 2 is 2.11 bits per heavy atom. The highest BCUT2D eigenvalue weighted by Gasteiger charge is 2.18. The van der Waals surface area contributed by atoms with Crippen LogP contribution in [0.1, 0.15) is 12.8 Å². The minimum Gasteiger partial charge on any atom is -0.376 e. The van der Waals surface area contributed by atoms with Gasteiger partial charge < -0.3 is 10.1 Å². The number of pyridine rings is 1. The van der Waals surface area contributed by atoms with Crippen LogP contribution in [-0.2, 0) is 4.74 Å². The van der Waals surface area contributed by atoms with Gasteiger partial charge in [-0.3, -0.25) is 14.5 Å². The zero-order valence-corrected chi connectivity index (χ0v) is 14.6. The fourth-order valence-electron chi connectivity index (χ4n) is 3.50. The van der Waals surface area contributed by atoms with Crippen LogP contribution < -0.4 is 10.9 Å². The Morgan fingerprint density at radius 1 is 1.22 bits per heavy atom. The molecule has 3 aromatic heterocycles. The molecule has 0 spiro atoms. The van der Waals surface area contributed by atoms with Gasteiger partial charge in [0.1, 0.15) is 0 Å². The Morgan fingerprint density at radius 3 is 2.93 bits per heavy atom. The molecule has 0 bridgehead atoms. The Hall–Kier alpha value is -3.26. The summed E-state index contributed by atoms with van der Waals surface area (Å²) in [6.07, 6.45) is 5.55. The topological polar surface area (TPSA) is 97.7 Å². The number of ether oxygens (including phenoxy) is 1. The van der Waals surface area contributed by atoms with Crippen molar-refractivity contribution in [1.82, 2.24) is 24.7 Å². The van der Waals surface area contributed by atoms with Gasteiger partial charge in [0.2, 0.25) is 5.95 Å². The molecule has 5 rings (SSSR count). The van der Waals surface area contributed by atoms with E-state index >= 15 is 0 Å². The normalized spacial score (nSPS) is 17.0. The van der Waals surface area contributed by atoms with E-state index in [0.717, 1.165) is 30.5 Å². The molecule has 4 heterocycles. The van der Waals surface area contributed by atoms with Crippen molar-refractivity contribution < 1.29 is 4.74 Å². The van der Waals surface area contributed by atoms with Gasteiger partial charge in [0, 0.05) is 19.3 Å². The van der Waals surface area contributed by atoms with Gasteiger partial charge in [-0.2, -0.15) is 10.1 Å². The molecule has 2 N–H and O–H groups in total. The zero-order chi connectivity index (χ0) is 18.2. The highest BCUT2D eigenvalue weighted by Crippen LogP contribution is 2.22. The maximum absolute atomic E-state index is 13.1. The van der Waals surface area contributed by atoms with Crippen LogP contribution in [0.3, 0.4) is 0 Å². The van der Waals surface area contributed by atoms with Crippen molar-refractivity contribution >= 4 is 27.9 Å². The summed E-state index contributed by atoms with van der Waals surface area (Å²) in [6, 6.07) is 9.47. The molecule has 1 aliphatic rings. The maximum Gasteiger partial charge on any atom is 0.267 e. The number of H-pyrrole nitrogens is 1. The molecule has 0 amide bonds. The molecule has 1 fully saturated rings. The summed E-state index contributed by atoms with van der Waals surface area (Å²) in [5.41, 5.74) is 1.77. The van der Waals surface area contributed by atoms with Crippen molar-refractivity contribution in [2.75, 3.05) is 18.5 Å². The third kappa shape index (κ3) is 2.74. The lowest BCUT2D eigenvalue weighted by Gasteiger charge is -2.13. The van der Waals surface area contributed by atoms with Gasteiger partial charge in [-0.1, -0.05) is 18.2 Å². The average molecular weight is 362 g/mol. The van der Waals surface area contributed by atoms with Gasteiger partial charge in [0.15, 0.2) is 5.65 Å². The molecule has 1 saturated heterocycles. The second-order valence-electron chi connectivity index (χ2n) is 6.58. The van der Waals surface area contributed by atoms with Crippen LogP contribution in [0.15, 0.2) is 47.5 Å². The van der Waals surface area contributed by atoms with Crippen molar-refractivity contribution in [2.24, 2.45) is 0 Å². The molecule has 1 atom stereocenters. The van der Waals surface area contributed by atoms with Gasteiger partial charge in [-0.15, -0.1) is 0 Å². The smallest absolute Gasteiger partial charge is 0.267 e. The summed E-state index contributed by atoms with van der Waals surface area (Å²) in [5.74, 6) is 0.473. The lowest BCUT2D eigenvalue weighted by atomic mass is 10.2. The Bertz CT molecular complexity index is 1160. The Labute approximate surface area is 154 Å². The number of anilines is 1. The van der Waals surface area contributed by atoms with Crippen LogP contribution in [0.2, 0.25) is 0 Å². The monoisotopic (exact) mass is 362 g/mol. The molecule has 1 unspecified atom stereocenters. The van der Waals surface area contributed by atoms with E-state index in [-0.39, 0.29) is 11.7 Å². The molecular formula is C19H18N6O2. The lowest BCUT2D eigenvalue weighted by molar-refractivity contribution is 0.120. The number of fused-ring (bicyclic) bond motifs is 3. The number of aromatic nitrogens is 5. The largest absolute Gasteiger partial charge is 0.376 e. The SMILES string of the molecule is O=c1c2cn[nH]c2c2cnc(NCC3CCCO3)nc2n1-c1ccccc1. The van der Waals surface area contributed by atoms with E-state index in [4.69, 9.17) is 4.74 Å². The van der Waals surface area contributed by atoms with E-state index in [1.54, 1.807) is 17.0 Å². The molecule has 1 aliphatic heterocycles.